The molecule has 1 aliphatic rings. The van der Waals surface area contributed by atoms with Crippen LogP contribution in [-0.2, 0) is 0 Å². The summed E-state index contributed by atoms with van der Waals surface area (Å²) in [4.78, 5) is 12.2. The standard InChI is InChI=1S/C15H22N2O/c1-10-9-13(16)7-8-14(10)15(18)17-11(2)12-5-3-4-6-12/h7-9,11-12H,3-6,16H2,1-2H3,(H,17,18). The van der Waals surface area contributed by atoms with Crippen molar-refractivity contribution in [2.75, 3.05) is 5.73 Å². The first kappa shape index (κ1) is 12.9. The molecule has 0 saturated heterocycles. The third-order valence-electron chi connectivity index (χ3n) is 3.96. The van der Waals surface area contributed by atoms with E-state index >= 15 is 0 Å². The number of nitrogens with two attached hydrogens (primary N) is 1. The van der Waals surface area contributed by atoms with Crippen LogP contribution >= 0.6 is 0 Å². The van der Waals surface area contributed by atoms with E-state index in [9.17, 15) is 4.79 Å². The zero-order valence-electron chi connectivity index (χ0n) is 11.2. The van der Waals surface area contributed by atoms with Gasteiger partial charge in [0.2, 0.25) is 0 Å². The van der Waals surface area contributed by atoms with Gasteiger partial charge in [-0.15, -0.1) is 0 Å². The van der Waals surface area contributed by atoms with Crippen LogP contribution in [0.3, 0.4) is 0 Å². The largest absolute Gasteiger partial charge is 0.399 e. The molecule has 1 saturated carbocycles. The fraction of sp³-hybridized carbons (Fsp3) is 0.533. The van der Waals surface area contributed by atoms with Crippen molar-refractivity contribution in [2.24, 2.45) is 5.92 Å². The molecular formula is C15H22N2O. The average molecular weight is 246 g/mol. The smallest absolute Gasteiger partial charge is 0.251 e. The van der Waals surface area contributed by atoms with Crippen LogP contribution in [0.2, 0.25) is 0 Å². The summed E-state index contributed by atoms with van der Waals surface area (Å²) < 4.78 is 0. The number of nitrogens with one attached hydrogen (secondary N) is 1. The highest BCUT2D eigenvalue weighted by atomic mass is 16.1. The number of benzene rings is 1. The Bertz CT molecular complexity index is 436. The van der Waals surface area contributed by atoms with Crippen molar-refractivity contribution in [3.05, 3.63) is 29.3 Å². The first-order chi connectivity index (χ1) is 8.58. The Labute approximate surface area is 109 Å². The van der Waals surface area contributed by atoms with Crippen LogP contribution in [0.5, 0.6) is 0 Å². The molecule has 1 unspecified atom stereocenters. The van der Waals surface area contributed by atoms with Gasteiger partial charge in [0.15, 0.2) is 0 Å². The average Bonchev–Trinajstić information content (AvgIpc) is 2.81. The third kappa shape index (κ3) is 2.84. The van der Waals surface area contributed by atoms with E-state index in [1.807, 2.05) is 13.0 Å². The van der Waals surface area contributed by atoms with Crippen molar-refractivity contribution in [2.45, 2.75) is 45.6 Å². The Balaban J connectivity index is 2.02. The van der Waals surface area contributed by atoms with Crippen molar-refractivity contribution >= 4 is 11.6 Å². The second kappa shape index (κ2) is 5.42. The van der Waals surface area contributed by atoms with E-state index in [2.05, 4.69) is 12.2 Å². The topological polar surface area (TPSA) is 55.1 Å². The molecule has 0 radical (unpaired) electrons. The monoisotopic (exact) mass is 246 g/mol. The molecule has 1 aromatic carbocycles. The lowest BCUT2D eigenvalue weighted by molar-refractivity contribution is 0.0926. The second-order valence-corrected chi connectivity index (χ2v) is 5.38. The molecule has 0 bridgehead atoms. The fourth-order valence-corrected chi connectivity index (χ4v) is 2.80. The number of hydrogen-bond acceptors (Lipinski definition) is 2. The lowest BCUT2D eigenvalue weighted by Gasteiger charge is -2.20. The van der Waals surface area contributed by atoms with Crippen LogP contribution in [0.15, 0.2) is 18.2 Å². The first-order valence-electron chi connectivity index (χ1n) is 6.75. The molecule has 1 atom stereocenters. The van der Waals surface area contributed by atoms with Gasteiger partial charge in [-0.2, -0.15) is 0 Å². The number of anilines is 1. The lowest BCUT2D eigenvalue weighted by atomic mass is 9.99. The predicted octanol–water partition coefficient (Wildman–Crippen LogP) is 2.89. The molecule has 3 nitrogen and oxygen atoms in total. The summed E-state index contributed by atoms with van der Waals surface area (Å²) in [5.74, 6) is 0.662. The van der Waals surface area contributed by atoms with Gasteiger partial charge in [0.25, 0.3) is 5.91 Å². The SMILES string of the molecule is Cc1cc(N)ccc1C(=O)NC(C)C1CCCC1. The fourth-order valence-electron chi connectivity index (χ4n) is 2.80. The van der Waals surface area contributed by atoms with Gasteiger partial charge in [-0.25, -0.2) is 0 Å². The van der Waals surface area contributed by atoms with Crippen LogP contribution < -0.4 is 11.1 Å². The van der Waals surface area contributed by atoms with E-state index < -0.39 is 0 Å². The minimum atomic E-state index is 0.0203. The minimum Gasteiger partial charge on any atom is -0.399 e. The quantitative estimate of drug-likeness (QED) is 0.806. The van der Waals surface area contributed by atoms with Gasteiger partial charge in [-0.3, -0.25) is 4.79 Å². The molecule has 3 heteroatoms. The molecule has 1 amide bonds. The molecule has 2 rings (SSSR count). The van der Waals surface area contributed by atoms with Gasteiger partial charge >= 0.3 is 0 Å². The Kier molecular flexibility index (Phi) is 3.90. The van der Waals surface area contributed by atoms with Gasteiger partial charge < -0.3 is 11.1 Å². The first-order valence-corrected chi connectivity index (χ1v) is 6.75. The van der Waals surface area contributed by atoms with Gasteiger partial charge in [-0.1, -0.05) is 12.8 Å². The highest BCUT2D eigenvalue weighted by molar-refractivity contribution is 5.96. The Morgan fingerprint density at radius 2 is 2.06 bits per heavy atom. The summed E-state index contributed by atoms with van der Waals surface area (Å²) in [7, 11) is 0. The second-order valence-electron chi connectivity index (χ2n) is 5.38. The number of nitrogen functional groups attached to an aromatic ring is 1. The number of rotatable bonds is 3. The maximum atomic E-state index is 12.2. The van der Waals surface area contributed by atoms with Gasteiger partial charge in [0.05, 0.1) is 0 Å². The summed E-state index contributed by atoms with van der Waals surface area (Å²) in [6, 6.07) is 5.69. The van der Waals surface area contributed by atoms with Crippen molar-refractivity contribution in [3.8, 4) is 0 Å². The van der Waals surface area contributed by atoms with E-state index in [0.717, 1.165) is 11.1 Å². The number of amides is 1. The number of hydrogen-bond donors (Lipinski definition) is 2. The predicted molar refractivity (Wildman–Crippen MR) is 74.5 cm³/mol. The van der Waals surface area contributed by atoms with E-state index in [1.165, 1.54) is 25.7 Å². The highest BCUT2D eigenvalue weighted by Crippen LogP contribution is 2.27. The molecule has 1 fully saturated rings. The molecule has 0 aliphatic heterocycles. The van der Waals surface area contributed by atoms with Gasteiger partial charge in [-0.05, 0) is 56.4 Å². The zero-order valence-corrected chi connectivity index (χ0v) is 11.2. The number of carbonyl (C=O) groups excluding carboxylic acids is 1. The summed E-state index contributed by atoms with van der Waals surface area (Å²) in [6.45, 7) is 4.03. The molecular weight excluding hydrogens is 224 g/mol. The molecule has 0 aromatic heterocycles. The minimum absolute atomic E-state index is 0.0203. The Morgan fingerprint density at radius 3 is 2.67 bits per heavy atom. The van der Waals surface area contributed by atoms with Crippen LogP contribution in [0.1, 0.15) is 48.5 Å². The van der Waals surface area contributed by atoms with Gasteiger partial charge in [0, 0.05) is 17.3 Å². The molecule has 0 spiro atoms. The van der Waals surface area contributed by atoms with Crippen molar-refractivity contribution in [1.29, 1.82) is 0 Å². The van der Waals surface area contributed by atoms with Crippen LogP contribution in [0.4, 0.5) is 5.69 Å². The summed E-state index contributed by atoms with van der Waals surface area (Å²) >= 11 is 0. The van der Waals surface area contributed by atoms with E-state index in [1.54, 1.807) is 12.1 Å². The van der Waals surface area contributed by atoms with E-state index in [0.29, 0.717) is 11.6 Å². The number of aryl methyl sites for hydroxylation is 1. The summed E-state index contributed by atoms with van der Waals surface area (Å²) in [6.07, 6.45) is 5.07. The molecule has 0 heterocycles. The van der Waals surface area contributed by atoms with Gasteiger partial charge in [0.1, 0.15) is 0 Å². The van der Waals surface area contributed by atoms with Crippen molar-refractivity contribution < 1.29 is 4.79 Å². The van der Waals surface area contributed by atoms with Crippen LogP contribution in [0.25, 0.3) is 0 Å². The molecule has 1 aromatic rings. The van der Waals surface area contributed by atoms with E-state index in [4.69, 9.17) is 5.73 Å². The van der Waals surface area contributed by atoms with Crippen molar-refractivity contribution in [1.82, 2.24) is 5.32 Å². The molecule has 1 aliphatic carbocycles. The molecule has 98 valence electrons. The Morgan fingerprint density at radius 1 is 1.39 bits per heavy atom. The zero-order chi connectivity index (χ0) is 13.1. The maximum absolute atomic E-state index is 12.2. The lowest BCUT2D eigenvalue weighted by Crippen LogP contribution is -2.37. The maximum Gasteiger partial charge on any atom is 0.251 e. The number of carbonyl (C=O) groups is 1. The highest BCUT2D eigenvalue weighted by Gasteiger charge is 2.23. The van der Waals surface area contributed by atoms with Crippen LogP contribution in [-0.4, -0.2) is 11.9 Å². The summed E-state index contributed by atoms with van der Waals surface area (Å²) in [5, 5.41) is 3.12. The van der Waals surface area contributed by atoms with Crippen LogP contribution in [0, 0.1) is 12.8 Å². The molecule has 3 N–H and O–H groups in total. The normalized spacial score (nSPS) is 17.7. The van der Waals surface area contributed by atoms with Crippen molar-refractivity contribution in [3.63, 3.8) is 0 Å². The Hall–Kier alpha value is -1.51. The molecule has 18 heavy (non-hydrogen) atoms. The third-order valence-corrected chi connectivity index (χ3v) is 3.96. The van der Waals surface area contributed by atoms with E-state index in [-0.39, 0.29) is 11.9 Å². The summed E-state index contributed by atoms with van der Waals surface area (Å²) in [5.41, 5.74) is 8.07.